The maximum atomic E-state index is 12.1. The molecule has 0 spiro atoms. The average molecular weight is 296 g/mol. The number of ether oxygens (including phenoxy) is 1. The molecule has 4 nitrogen and oxygen atoms in total. The van der Waals surface area contributed by atoms with E-state index in [4.69, 9.17) is 11.6 Å². The summed E-state index contributed by atoms with van der Waals surface area (Å²) in [6, 6.07) is 6.75. The molecule has 2 rings (SSSR count). The number of rotatable bonds is 5. The molecule has 1 amide bonds. The fourth-order valence-electron chi connectivity index (χ4n) is 2.21. The smallest absolute Gasteiger partial charge is 0.307 e. The fraction of sp³-hybridized carbons (Fsp3) is 0.467. The summed E-state index contributed by atoms with van der Waals surface area (Å²) in [6.07, 6.45) is 0.979. The van der Waals surface area contributed by atoms with Crippen molar-refractivity contribution in [2.24, 2.45) is 11.8 Å². The van der Waals surface area contributed by atoms with Gasteiger partial charge in [-0.3, -0.25) is 9.59 Å². The number of esters is 1. The maximum Gasteiger partial charge on any atom is 0.307 e. The molecule has 0 aromatic heterocycles. The highest BCUT2D eigenvalue weighted by Gasteiger charge is 2.40. The van der Waals surface area contributed by atoms with Gasteiger partial charge in [-0.1, -0.05) is 36.7 Å². The highest BCUT2D eigenvalue weighted by Crippen LogP contribution is 2.38. The zero-order chi connectivity index (χ0) is 14.7. The van der Waals surface area contributed by atoms with E-state index in [1.54, 1.807) is 6.07 Å². The summed E-state index contributed by atoms with van der Waals surface area (Å²) in [5.41, 5.74) is 0.737. The highest BCUT2D eigenvalue weighted by atomic mass is 35.5. The van der Waals surface area contributed by atoms with E-state index in [-0.39, 0.29) is 24.2 Å². The first kappa shape index (κ1) is 14.9. The molecule has 3 atom stereocenters. The van der Waals surface area contributed by atoms with Crippen LogP contribution in [0.5, 0.6) is 0 Å². The van der Waals surface area contributed by atoms with Gasteiger partial charge in [-0.05, 0) is 24.0 Å². The third-order valence-electron chi connectivity index (χ3n) is 3.64. The van der Waals surface area contributed by atoms with Crippen LogP contribution in [0.1, 0.15) is 31.4 Å². The summed E-state index contributed by atoms with van der Waals surface area (Å²) in [4.78, 5) is 23.6. The van der Waals surface area contributed by atoms with Gasteiger partial charge in [-0.2, -0.15) is 0 Å². The van der Waals surface area contributed by atoms with Gasteiger partial charge in [0.25, 0.3) is 0 Å². The van der Waals surface area contributed by atoms with Crippen LogP contribution in [0, 0.1) is 11.8 Å². The number of carbonyl (C=O) groups is 2. The molecular formula is C15H18ClNO3. The zero-order valence-corrected chi connectivity index (χ0v) is 12.3. The lowest BCUT2D eigenvalue weighted by molar-refractivity contribution is -0.141. The molecular weight excluding hydrogens is 278 g/mol. The topological polar surface area (TPSA) is 55.4 Å². The number of hydrogen-bond acceptors (Lipinski definition) is 3. The van der Waals surface area contributed by atoms with Crippen LogP contribution in [0.25, 0.3) is 0 Å². The lowest BCUT2D eigenvalue weighted by Crippen LogP contribution is -2.32. The molecule has 1 aliphatic carbocycles. The Morgan fingerprint density at radius 1 is 1.45 bits per heavy atom. The Morgan fingerprint density at radius 2 is 2.10 bits per heavy atom. The molecule has 1 N–H and O–H groups in total. The minimum Gasteiger partial charge on any atom is -0.469 e. The van der Waals surface area contributed by atoms with Crippen LogP contribution in [-0.2, 0) is 14.3 Å². The van der Waals surface area contributed by atoms with Crippen LogP contribution in [0.15, 0.2) is 24.3 Å². The Bertz CT molecular complexity index is 518. The van der Waals surface area contributed by atoms with Gasteiger partial charge in [-0.25, -0.2) is 0 Å². The zero-order valence-electron chi connectivity index (χ0n) is 11.6. The van der Waals surface area contributed by atoms with Crippen molar-refractivity contribution in [3.8, 4) is 0 Å². The third kappa shape index (κ3) is 3.51. The highest BCUT2D eigenvalue weighted by molar-refractivity contribution is 6.31. The van der Waals surface area contributed by atoms with Crippen molar-refractivity contribution in [2.75, 3.05) is 7.11 Å². The van der Waals surface area contributed by atoms with Crippen molar-refractivity contribution in [3.05, 3.63) is 34.9 Å². The predicted octanol–water partition coefficient (Wildman–Crippen LogP) is 2.72. The summed E-state index contributed by atoms with van der Waals surface area (Å²) in [6.45, 7) is 2.04. The molecule has 1 aromatic rings. The van der Waals surface area contributed by atoms with E-state index in [1.807, 2.05) is 25.1 Å². The molecule has 1 saturated carbocycles. The number of halogens is 1. The van der Waals surface area contributed by atoms with E-state index in [1.165, 1.54) is 7.11 Å². The average Bonchev–Trinajstić information content (AvgIpc) is 3.15. The van der Waals surface area contributed by atoms with E-state index in [9.17, 15) is 9.59 Å². The first-order valence-corrected chi connectivity index (χ1v) is 7.02. The van der Waals surface area contributed by atoms with Gasteiger partial charge >= 0.3 is 5.97 Å². The molecule has 20 heavy (non-hydrogen) atoms. The standard InChI is InChI=1S/C15H18ClNO3/c1-9-7-11(9)15(19)17-13(8-14(18)20-2)10-5-3-4-6-12(10)16/h3-6,9,11,13H,7-8H2,1-2H3,(H,17,19)/t9-,11+,13-/m0/s1. The van der Waals surface area contributed by atoms with E-state index in [0.717, 1.165) is 12.0 Å². The Morgan fingerprint density at radius 3 is 2.65 bits per heavy atom. The van der Waals surface area contributed by atoms with E-state index in [0.29, 0.717) is 10.9 Å². The van der Waals surface area contributed by atoms with Crippen molar-refractivity contribution >= 4 is 23.5 Å². The van der Waals surface area contributed by atoms with Gasteiger partial charge in [-0.15, -0.1) is 0 Å². The summed E-state index contributed by atoms with van der Waals surface area (Å²) in [5, 5.41) is 3.44. The van der Waals surface area contributed by atoms with Crippen molar-refractivity contribution in [1.29, 1.82) is 0 Å². The van der Waals surface area contributed by atoms with Crippen molar-refractivity contribution < 1.29 is 14.3 Å². The molecule has 0 bridgehead atoms. The first-order chi connectivity index (χ1) is 9.52. The van der Waals surface area contributed by atoms with Crippen LogP contribution < -0.4 is 5.32 Å². The molecule has 1 fully saturated rings. The minimum absolute atomic E-state index is 0.0219. The minimum atomic E-state index is -0.448. The van der Waals surface area contributed by atoms with Gasteiger partial charge in [0.15, 0.2) is 0 Å². The van der Waals surface area contributed by atoms with E-state index in [2.05, 4.69) is 10.1 Å². The Balaban J connectivity index is 2.14. The van der Waals surface area contributed by atoms with Crippen molar-refractivity contribution in [2.45, 2.75) is 25.8 Å². The lowest BCUT2D eigenvalue weighted by Gasteiger charge is -2.19. The third-order valence-corrected chi connectivity index (χ3v) is 3.99. The summed E-state index contributed by atoms with van der Waals surface area (Å²) >= 11 is 6.15. The molecule has 0 radical (unpaired) electrons. The second-order valence-electron chi connectivity index (χ2n) is 5.18. The second-order valence-corrected chi connectivity index (χ2v) is 5.59. The molecule has 0 saturated heterocycles. The largest absolute Gasteiger partial charge is 0.469 e. The number of amides is 1. The second kappa shape index (κ2) is 6.27. The van der Waals surface area contributed by atoms with Crippen LogP contribution in [0.4, 0.5) is 0 Å². The van der Waals surface area contributed by atoms with Gasteiger partial charge < -0.3 is 10.1 Å². The Labute approximate surface area is 123 Å². The molecule has 1 aliphatic rings. The quantitative estimate of drug-likeness (QED) is 0.850. The molecule has 108 valence electrons. The van der Waals surface area contributed by atoms with Crippen LogP contribution in [0.3, 0.4) is 0 Å². The maximum absolute atomic E-state index is 12.1. The van der Waals surface area contributed by atoms with Crippen molar-refractivity contribution in [3.63, 3.8) is 0 Å². The summed E-state index contributed by atoms with van der Waals surface area (Å²) in [5.74, 6) is 0.0723. The number of methoxy groups -OCH3 is 1. The fourth-order valence-corrected chi connectivity index (χ4v) is 2.48. The monoisotopic (exact) mass is 295 g/mol. The van der Waals surface area contributed by atoms with Crippen LogP contribution >= 0.6 is 11.6 Å². The first-order valence-electron chi connectivity index (χ1n) is 6.64. The molecule has 0 heterocycles. The van der Waals surface area contributed by atoms with Gasteiger partial charge in [0.05, 0.1) is 19.6 Å². The van der Waals surface area contributed by atoms with Gasteiger partial charge in [0.2, 0.25) is 5.91 Å². The number of carbonyl (C=O) groups excluding carboxylic acids is 2. The number of hydrogen-bond donors (Lipinski definition) is 1. The SMILES string of the molecule is COC(=O)C[C@H](NC(=O)[C@@H]1C[C@@H]1C)c1ccccc1Cl. The normalized spacial score (nSPS) is 21.9. The molecule has 0 aliphatic heterocycles. The molecule has 1 aromatic carbocycles. The van der Waals surface area contributed by atoms with Gasteiger partial charge in [0.1, 0.15) is 0 Å². The predicted molar refractivity (Wildman–Crippen MR) is 76.2 cm³/mol. The number of benzene rings is 1. The Kier molecular flexibility index (Phi) is 4.65. The molecule has 5 heteroatoms. The van der Waals surface area contributed by atoms with Crippen LogP contribution in [0.2, 0.25) is 5.02 Å². The Hall–Kier alpha value is -1.55. The van der Waals surface area contributed by atoms with Crippen LogP contribution in [-0.4, -0.2) is 19.0 Å². The van der Waals surface area contributed by atoms with Crippen molar-refractivity contribution in [1.82, 2.24) is 5.32 Å². The number of nitrogens with one attached hydrogen (secondary N) is 1. The van der Waals surface area contributed by atoms with E-state index >= 15 is 0 Å². The lowest BCUT2D eigenvalue weighted by atomic mass is 10.0. The van der Waals surface area contributed by atoms with E-state index < -0.39 is 6.04 Å². The molecule has 0 unspecified atom stereocenters. The van der Waals surface area contributed by atoms with Gasteiger partial charge in [0, 0.05) is 10.9 Å². The summed E-state index contributed by atoms with van der Waals surface area (Å²) < 4.78 is 4.69. The summed E-state index contributed by atoms with van der Waals surface area (Å²) in [7, 11) is 1.33.